The molecule has 1 heterocycles. The molecule has 0 radical (unpaired) electrons. The van der Waals surface area contributed by atoms with Crippen molar-refractivity contribution in [1.29, 1.82) is 0 Å². The Morgan fingerprint density at radius 2 is 2.11 bits per heavy atom. The monoisotopic (exact) mass is 262 g/mol. The fourth-order valence-electron chi connectivity index (χ4n) is 2.84. The lowest BCUT2D eigenvalue weighted by Gasteiger charge is -2.20. The predicted octanol–water partition coefficient (Wildman–Crippen LogP) is 2.69. The minimum atomic E-state index is 0.455. The molecular formula is C16H26N2O. The highest BCUT2D eigenvalue weighted by Crippen LogP contribution is 2.21. The van der Waals surface area contributed by atoms with Crippen LogP contribution in [0, 0.1) is 5.92 Å². The lowest BCUT2D eigenvalue weighted by molar-refractivity contribution is 0.377. The summed E-state index contributed by atoms with van der Waals surface area (Å²) in [6.45, 7) is 5.83. The number of ether oxygens (including phenoxy) is 1. The summed E-state index contributed by atoms with van der Waals surface area (Å²) in [5.74, 6) is 1.73. The van der Waals surface area contributed by atoms with Crippen molar-refractivity contribution in [2.75, 3.05) is 33.8 Å². The van der Waals surface area contributed by atoms with E-state index in [0.29, 0.717) is 6.04 Å². The van der Waals surface area contributed by atoms with Gasteiger partial charge in [0.25, 0.3) is 0 Å². The molecule has 19 heavy (non-hydrogen) atoms. The van der Waals surface area contributed by atoms with E-state index in [9.17, 15) is 0 Å². The van der Waals surface area contributed by atoms with E-state index in [-0.39, 0.29) is 0 Å². The molecule has 0 saturated carbocycles. The lowest BCUT2D eigenvalue weighted by atomic mass is 10.0. The van der Waals surface area contributed by atoms with Crippen LogP contribution in [0.3, 0.4) is 0 Å². The molecule has 3 heteroatoms. The van der Waals surface area contributed by atoms with E-state index in [1.807, 2.05) is 12.1 Å². The Labute approximate surface area is 116 Å². The molecule has 3 nitrogen and oxygen atoms in total. The normalized spacial score (nSPS) is 21.5. The third-order valence-electron chi connectivity index (χ3n) is 4.07. The summed E-state index contributed by atoms with van der Waals surface area (Å²) in [7, 11) is 3.92. The minimum Gasteiger partial charge on any atom is -0.497 e. The summed E-state index contributed by atoms with van der Waals surface area (Å²) >= 11 is 0. The highest BCUT2D eigenvalue weighted by atomic mass is 16.5. The number of benzene rings is 1. The molecule has 0 spiro atoms. The van der Waals surface area contributed by atoms with Gasteiger partial charge in [-0.05, 0) is 56.6 Å². The fourth-order valence-corrected chi connectivity index (χ4v) is 2.84. The number of hydrogen-bond donors (Lipinski definition) is 1. The maximum atomic E-state index is 5.21. The van der Waals surface area contributed by atoms with Crippen molar-refractivity contribution in [3.05, 3.63) is 29.8 Å². The van der Waals surface area contributed by atoms with Crippen LogP contribution in [0.1, 0.15) is 31.4 Å². The zero-order valence-electron chi connectivity index (χ0n) is 12.4. The number of likely N-dealkylation sites (tertiary alicyclic amines) is 1. The van der Waals surface area contributed by atoms with Crippen molar-refractivity contribution in [1.82, 2.24) is 10.2 Å². The lowest BCUT2D eigenvalue weighted by Crippen LogP contribution is -2.28. The highest BCUT2D eigenvalue weighted by molar-refractivity contribution is 5.29. The van der Waals surface area contributed by atoms with Crippen molar-refractivity contribution in [2.45, 2.75) is 25.8 Å². The standard InChI is InChI=1S/C16H26N2O/c1-4-16(14-5-7-15(19-3)8-6-14)17-11-13-9-10-18(2)12-13/h5-8,13,16-17H,4,9-12H2,1-3H3. The van der Waals surface area contributed by atoms with Crippen molar-refractivity contribution in [3.8, 4) is 5.75 Å². The van der Waals surface area contributed by atoms with Crippen LogP contribution in [-0.4, -0.2) is 38.7 Å². The topological polar surface area (TPSA) is 24.5 Å². The van der Waals surface area contributed by atoms with E-state index in [4.69, 9.17) is 4.74 Å². The van der Waals surface area contributed by atoms with Crippen LogP contribution in [0.15, 0.2) is 24.3 Å². The molecular weight excluding hydrogens is 236 g/mol. The molecule has 1 aromatic carbocycles. The average Bonchev–Trinajstić information content (AvgIpc) is 2.86. The summed E-state index contributed by atoms with van der Waals surface area (Å²) in [5, 5.41) is 3.72. The number of hydrogen-bond acceptors (Lipinski definition) is 3. The van der Waals surface area contributed by atoms with E-state index in [1.54, 1.807) is 7.11 Å². The Morgan fingerprint density at radius 3 is 2.63 bits per heavy atom. The molecule has 1 aromatic rings. The molecule has 0 aromatic heterocycles. The van der Waals surface area contributed by atoms with Gasteiger partial charge >= 0.3 is 0 Å². The van der Waals surface area contributed by atoms with Gasteiger partial charge in [0.2, 0.25) is 0 Å². The molecule has 1 fully saturated rings. The van der Waals surface area contributed by atoms with Gasteiger partial charge in [-0.3, -0.25) is 0 Å². The van der Waals surface area contributed by atoms with Gasteiger partial charge in [-0.2, -0.15) is 0 Å². The number of nitrogens with one attached hydrogen (secondary N) is 1. The van der Waals surface area contributed by atoms with Crippen LogP contribution < -0.4 is 10.1 Å². The fraction of sp³-hybridized carbons (Fsp3) is 0.625. The van der Waals surface area contributed by atoms with Crippen LogP contribution in [0.5, 0.6) is 5.75 Å². The first-order valence-corrected chi connectivity index (χ1v) is 7.28. The molecule has 1 aliphatic rings. The first-order valence-electron chi connectivity index (χ1n) is 7.28. The zero-order valence-corrected chi connectivity index (χ0v) is 12.4. The summed E-state index contributed by atoms with van der Waals surface area (Å²) < 4.78 is 5.21. The number of methoxy groups -OCH3 is 1. The van der Waals surface area contributed by atoms with Crippen molar-refractivity contribution >= 4 is 0 Å². The van der Waals surface area contributed by atoms with Crippen LogP contribution in [-0.2, 0) is 0 Å². The number of rotatable bonds is 6. The average molecular weight is 262 g/mol. The molecule has 106 valence electrons. The van der Waals surface area contributed by atoms with Gasteiger partial charge in [0.1, 0.15) is 5.75 Å². The van der Waals surface area contributed by atoms with Crippen LogP contribution in [0.2, 0.25) is 0 Å². The maximum absolute atomic E-state index is 5.21. The van der Waals surface area contributed by atoms with Gasteiger partial charge in [-0.15, -0.1) is 0 Å². The summed E-state index contributed by atoms with van der Waals surface area (Å²) in [4.78, 5) is 2.42. The molecule has 2 atom stereocenters. The van der Waals surface area contributed by atoms with Gasteiger partial charge in [0.05, 0.1) is 7.11 Å². The van der Waals surface area contributed by atoms with E-state index in [0.717, 1.165) is 24.6 Å². The third kappa shape index (κ3) is 3.95. The van der Waals surface area contributed by atoms with Crippen LogP contribution in [0.4, 0.5) is 0 Å². The summed E-state index contributed by atoms with van der Waals surface area (Å²) in [6.07, 6.45) is 2.44. The second-order valence-electron chi connectivity index (χ2n) is 5.56. The largest absolute Gasteiger partial charge is 0.497 e. The summed E-state index contributed by atoms with van der Waals surface area (Å²) in [6, 6.07) is 8.88. The van der Waals surface area contributed by atoms with E-state index in [1.165, 1.54) is 25.1 Å². The molecule has 1 saturated heterocycles. The van der Waals surface area contributed by atoms with Crippen LogP contribution >= 0.6 is 0 Å². The van der Waals surface area contributed by atoms with Crippen molar-refractivity contribution in [2.24, 2.45) is 5.92 Å². The first-order chi connectivity index (χ1) is 9.22. The Hall–Kier alpha value is -1.06. The van der Waals surface area contributed by atoms with E-state index < -0.39 is 0 Å². The smallest absolute Gasteiger partial charge is 0.118 e. The zero-order chi connectivity index (χ0) is 13.7. The maximum Gasteiger partial charge on any atom is 0.118 e. The molecule has 1 aliphatic heterocycles. The highest BCUT2D eigenvalue weighted by Gasteiger charge is 2.20. The second-order valence-corrected chi connectivity index (χ2v) is 5.56. The Bertz CT molecular complexity index is 377. The van der Waals surface area contributed by atoms with Gasteiger partial charge in [-0.25, -0.2) is 0 Å². The summed E-state index contributed by atoms with van der Waals surface area (Å²) in [5.41, 5.74) is 1.36. The molecule has 1 N–H and O–H groups in total. The first kappa shape index (κ1) is 14.4. The van der Waals surface area contributed by atoms with Crippen molar-refractivity contribution in [3.63, 3.8) is 0 Å². The minimum absolute atomic E-state index is 0.455. The van der Waals surface area contributed by atoms with Crippen molar-refractivity contribution < 1.29 is 4.74 Å². The molecule has 2 rings (SSSR count). The van der Waals surface area contributed by atoms with Gasteiger partial charge in [0, 0.05) is 12.6 Å². The Morgan fingerprint density at radius 1 is 1.37 bits per heavy atom. The van der Waals surface area contributed by atoms with E-state index >= 15 is 0 Å². The van der Waals surface area contributed by atoms with Gasteiger partial charge < -0.3 is 15.0 Å². The van der Waals surface area contributed by atoms with Gasteiger partial charge in [0.15, 0.2) is 0 Å². The molecule has 0 bridgehead atoms. The molecule has 0 aliphatic carbocycles. The Kier molecular flexibility index (Phi) is 5.23. The molecule has 2 unspecified atom stereocenters. The predicted molar refractivity (Wildman–Crippen MR) is 79.6 cm³/mol. The Balaban J connectivity index is 1.88. The quantitative estimate of drug-likeness (QED) is 0.853. The number of nitrogens with zero attached hydrogens (tertiary/aromatic N) is 1. The van der Waals surface area contributed by atoms with Gasteiger partial charge in [-0.1, -0.05) is 19.1 Å². The molecule has 0 amide bonds. The van der Waals surface area contributed by atoms with Crippen LogP contribution in [0.25, 0.3) is 0 Å². The van der Waals surface area contributed by atoms with E-state index in [2.05, 4.69) is 36.3 Å². The second kappa shape index (κ2) is 6.92. The SMILES string of the molecule is CCC(NCC1CCN(C)C1)c1ccc(OC)cc1. The third-order valence-corrected chi connectivity index (χ3v) is 4.07.